The van der Waals surface area contributed by atoms with Crippen LogP contribution < -0.4 is 9.80 Å². The van der Waals surface area contributed by atoms with Crippen LogP contribution in [-0.2, 0) is 20.9 Å². The van der Waals surface area contributed by atoms with Gasteiger partial charge in [0.05, 0.1) is 29.2 Å². The van der Waals surface area contributed by atoms with E-state index in [1.165, 1.54) is 0 Å². The van der Waals surface area contributed by atoms with Gasteiger partial charge in [-0.1, -0.05) is 85.0 Å². The summed E-state index contributed by atoms with van der Waals surface area (Å²) in [5.41, 5.74) is 3.58. The number of aliphatic hydroxyl groups is 1. The maximum atomic E-state index is 15.1. The van der Waals surface area contributed by atoms with Crippen molar-refractivity contribution in [3.63, 3.8) is 0 Å². The van der Waals surface area contributed by atoms with Crippen LogP contribution in [0.1, 0.15) is 37.9 Å². The molecule has 6 atom stereocenters. The Balaban J connectivity index is 1.33. The van der Waals surface area contributed by atoms with Gasteiger partial charge in [0.15, 0.2) is 0 Å². The molecule has 3 aromatic rings. The minimum atomic E-state index is -1.03. The van der Waals surface area contributed by atoms with Crippen molar-refractivity contribution in [2.45, 2.75) is 48.9 Å². The highest BCUT2D eigenvalue weighted by Gasteiger charge is 2.74. The van der Waals surface area contributed by atoms with Gasteiger partial charge in [-0.2, -0.15) is 0 Å². The molecule has 1 N–H and O–H groups in total. The Bertz CT molecular complexity index is 1760. The molecule has 0 bridgehead atoms. The van der Waals surface area contributed by atoms with Crippen LogP contribution in [0.5, 0.6) is 0 Å². The van der Waals surface area contributed by atoms with Crippen molar-refractivity contribution in [3.8, 4) is 0 Å². The van der Waals surface area contributed by atoms with Crippen LogP contribution in [0.25, 0.3) is 0 Å². The van der Waals surface area contributed by atoms with Crippen LogP contribution in [-0.4, -0.2) is 80.9 Å². The second-order valence-electron chi connectivity index (χ2n) is 13.5. The third-order valence-electron chi connectivity index (χ3n) is 10.8. The Morgan fingerprint density at radius 3 is 2.12 bits per heavy atom. The molecule has 4 aliphatic rings. The van der Waals surface area contributed by atoms with Gasteiger partial charge in [0.1, 0.15) is 6.04 Å². The molecule has 4 heterocycles. The molecule has 0 radical (unpaired) electrons. The van der Waals surface area contributed by atoms with E-state index in [-0.39, 0.29) is 24.3 Å². The van der Waals surface area contributed by atoms with E-state index in [0.717, 1.165) is 35.6 Å². The zero-order valence-electron chi connectivity index (χ0n) is 28.3. The van der Waals surface area contributed by atoms with Gasteiger partial charge in [0, 0.05) is 48.8 Å². The van der Waals surface area contributed by atoms with Crippen molar-refractivity contribution in [1.29, 1.82) is 0 Å². The van der Waals surface area contributed by atoms with Crippen LogP contribution in [0.2, 0.25) is 0 Å². The van der Waals surface area contributed by atoms with Gasteiger partial charge in [-0.15, -0.1) is 11.8 Å². The van der Waals surface area contributed by atoms with Gasteiger partial charge in [0.2, 0.25) is 11.8 Å². The van der Waals surface area contributed by atoms with Crippen LogP contribution in [0.4, 0.5) is 11.4 Å². The van der Waals surface area contributed by atoms with Crippen molar-refractivity contribution in [2.24, 2.45) is 11.8 Å². The van der Waals surface area contributed by atoms with E-state index in [4.69, 9.17) is 0 Å². The SMILES string of the molecule is CCN(CC)c1ccc(N2CC=C[C@]34S[C@@]5(C)C=CCN(Cc6ccccc6)C(=O)[C@H]5[C@H]3C(=O)N([C@H](CO)c3ccccc3)C4C2=O)cc1. The first kappa shape index (κ1) is 33.2. The summed E-state index contributed by atoms with van der Waals surface area (Å²) in [6, 6.07) is 25.6. The number of hydrogen-bond donors (Lipinski definition) is 1. The number of carbonyl (C=O) groups is 3. The van der Waals surface area contributed by atoms with Gasteiger partial charge < -0.3 is 24.7 Å². The average Bonchev–Trinajstić information content (AvgIpc) is 3.39. The van der Waals surface area contributed by atoms with Crippen molar-refractivity contribution in [1.82, 2.24) is 9.80 Å². The number of rotatable bonds is 9. The largest absolute Gasteiger partial charge is 0.394 e. The summed E-state index contributed by atoms with van der Waals surface area (Å²) in [5, 5.41) is 10.9. The Hall–Kier alpha value is -4.34. The number of hydrogen-bond acceptors (Lipinski definition) is 6. The summed E-state index contributed by atoms with van der Waals surface area (Å²) < 4.78 is -1.75. The first-order chi connectivity index (χ1) is 23.8. The molecule has 3 amide bonds. The zero-order valence-corrected chi connectivity index (χ0v) is 29.1. The molecule has 1 spiro atoms. The van der Waals surface area contributed by atoms with Gasteiger partial charge >= 0.3 is 0 Å². The molecule has 4 aliphatic heterocycles. The fourth-order valence-corrected chi connectivity index (χ4v) is 10.6. The smallest absolute Gasteiger partial charge is 0.251 e. The Morgan fingerprint density at radius 1 is 0.816 bits per heavy atom. The normalized spacial score (nSPS) is 28.2. The van der Waals surface area contributed by atoms with Crippen LogP contribution in [0, 0.1) is 11.8 Å². The maximum absolute atomic E-state index is 15.1. The highest BCUT2D eigenvalue weighted by molar-refractivity contribution is 8.02. The highest BCUT2D eigenvalue weighted by atomic mass is 32.2. The number of anilines is 2. The van der Waals surface area contributed by atoms with E-state index >= 15 is 9.59 Å². The predicted molar refractivity (Wildman–Crippen MR) is 195 cm³/mol. The third-order valence-corrected chi connectivity index (χ3v) is 12.6. The van der Waals surface area contributed by atoms with Crippen LogP contribution in [0.3, 0.4) is 0 Å². The molecular formula is C40H44N4O4S. The topological polar surface area (TPSA) is 84.4 Å². The predicted octanol–water partition coefficient (Wildman–Crippen LogP) is 5.46. The molecule has 0 aliphatic carbocycles. The standard InChI is InChI=1S/C40H44N4O4S/c1-4-41(5-2)30-18-20-31(21-19-30)43-25-13-23-40-34(37(47)44(35(40)38(43)48)32(27-45)29-16-10-7-11-17-29)33-36(46)42(24-12-22-39(33,3)49-40)26-28-14-8-6-9-15-28/h6-23,32-35,45H,4-5,24-27H2,1-3H3/t32-,33-,34+,35?,39+,40+/m1/s1. The first-order valence-electron chi connectivity index (χ1n) is 17.3. The molecule has 7 rings (SSSR count). The zero-order chi connectivity index (χ0) is 34.3. The molecular weight excluding hydrogens is 633 g/mol. The Morgan fingerprint density at radius 2 is 1.47 bits per heavy atom. The molecule has 254 valence electrons. The molecule has 0 saturated carbocycles. The van der Waals surface area contributed by atoms with E-state index in [1.54, 1.807) is 21.6 Å². The molecule has 9 heteroatoms. The van der Waals surface area contributed by atoms with Crippen LogP contribution in [0.15, 0.2) is 109 Å². The lowest BCUT2D eigenvalue weighted by Gasteiger charge is -2.40. The van der Waals surface area contributed by atoms with Crippen molar-refractivity contribution in [2.75, 3.05) is 42.6 Å². The molecule has 0 aromatic heterocycles. The van der Waals surface area contributed by atoms with Gasteiger partial charge in [-0.05, 0) is 56.2 Å². The number of nitrogens with zero attached hydrogens (tertiary/aromatic N) is 4. The summed E-state index contributed by atoms with van der Waals surface area (Å²) in [7, 11) is 0. The average molecular weight is 677 g/mol. The summed E-state index contributed by atoms with van der Waals surface area (Å²) in [6.45, 7) is 8.87. The van der Waals surface area contributed by atoms with Crippen molar-refractivity contribution < 1.29 is 19.5 Å². The first-order valence-corrected chi connectivity index (χ1v) is 18.1. The lowest BCUT2D eigenvalue weighted by molar-refractivity contribution is -0.145. The third kappa shape index (κ3) is 5.47. The van der Waals surface area contributed by atoms with E-state index in [1.807, 2.05) is 115 Å². The minimum absolute atomic E-state index is 0.0890. The number of thioether (sulfide) groups is 1. The minimum Gasteiger partial charge on any atom is -0.394 e. The quantitative estimate of drug-likeness (QED) is 0.304. The number of amides is 3. The lowest BCUT2D eigenvalue weighted by Crippen LogP contribution is -2.54. The number of likely N-dealkylation sites (tertiary alicyclic amines) is 1. The number of aliphatic hydroxyl groups excluding tert-OH is 1. The number of fused-ring (bicyclic) bond motifs is 2. The summed E-state index contributed by atoms with van der Waals surface area (Å²) in [4.78, 5) is 52.4. The second kappa shape index (κ2) is 13.2. The maximum Gasteiger partial charge on any atom is 0.251 e. The van der Waals surface area contributed by atoms with E-state index in [9.17, 15) is 9.90 Å². The fourth-order valence-electron chi connectivity index (χ4n) is 8.49. The number of carbonyl (C=O) groups excluding carboxylic acids is 3. The van der Waals surface area contributed by atoms with Crippen molar-refractivity contribution in [3.05, 3.63) is 120 Å². The van der Waals surface area contributed by atoms with Crippen molar-refractivity contribution >= 4 is 40.9 Å². The van der Waals surface area contributed by atoms with Gasteiger partial charge in [-0.25, -0.2) is 0 Å². The molecule has 2 saturated heterocycles. The molecule has 1 unspecified atom stereocenters. The molecule has 8 nitrogen and oxygen atoms in total. The molecule has 3 aromatic carbocycles. The second-order valence-corrected chi connectivity index (χ2v) is 15.3. The lowest BCUT2D eigenvalue weighted by atomic mass is 9.74. The summed E-state index contributed by atoms with van der Waals surface area (Å²) in [6.07, 6.45) is 8.15. The summed E-state index contributed by atoms with van der Waals surface area (Å²) in [5.74, 6) is -2.07. The molecule has 2 fully saturated rings. The van der Waals surface area contributed by atoms with Gasteiger partial charge in [0.25, 0.3) is 5.91 Å². The van der Waals surface area contributed by atoms with E-state index in [2.05, 4.69) is 24.8 Å². The summed E-state index contributed by atoms with van der Waals surface area (Å²) >= 11 is 1.56. The number of benzene rings is 3. The van der Waals surface area contributed by atoms with E-state index < -0.39 is 33.4 Å². The highest BCUT2D eigenvalue weighted by Crippen LogP contribution is 2.66. The van der Waals surface area contributed by atoms with Gasteiger partial charge in [-0.3, -0.25) is 14.4 Å². The van der Waals surface area contributed by atoms with Crippen LogP contribution >= 0.6 is 11.8 Å². The Labute approximate surface area is 293 Å². The fraction of sp³-hybridized carbons (Fsp3) is 0.375. The Kier molecular flexibility index (Phi) is 8.92. The monoisotopic (exact) mass is 676 g/mol. The molecule has 49 heavy (non-hydrogen) atoms. The van der Waals surface area contributed by atoms with E-state index in [0.29, 0.717) is 19.6 Å².